The van der Waals surface area contributed by atoms with E-state index in [0.29, 0.717) is 0 Å². The Bertz CT molecular complexity index is 121. The van der Waals surface area contributed by atoms with E-state index in [4.69, 9.17) is 0 Å². The Hall–Kier alpha value is 0.360. The topological polar surface area (TPSA) is 105 Å². The van der Waals surface area contributed by atoms with Gasteiger partial charge >= 0.3 is 0 Å². The smallest absolute Gasteiger partial charge is 0.00313 e. The Morgan fingerprint density at radius 2 is 0.700 bits per heavy atom. The van der Waals surface area contributed by atoms with Crippen molar-refractivity contribution < 1.29 is 0 Å². The molecule has 0 spiro atoms. The average molecular weight is 356 g/mol. The lowest BCUT2D eigenvalue weighted by Crippen LogP contribution is -1.83. The second-order valence-corrected chi connectivity index (χ2v) is 6.08. The van der Waals surface area contributed by atoms with Gasteiger partial charge in [0.2, 0.25) is 0 Å². The van der Waals surface area contributed by atoms with E-state index in [2.05, 4.69) is 22.9 Å². The van der Waals surface area contributed by atoms with Crippen LogP contribution in [0.4, 0.5) is 0 Å². The van der Waals surface area contributed by atoms with Crippen molar-refractivity contribution in [2.75, 3.05) is 5.33 Å². The van der Waals surface area contributed by atoms with Gasteiger partial charge < -0.3 is 18.5 Å². The molecule has 0 amide bonds. The molecule has 0 fully saturated rings. The summed E-state index contributed by atoms with van der Waals surface area (Å²) in [6.45, 7) is 2.29. The fourth-order valence-electron chi connectivity index (χ4n) is 2.29. The molecule has 0 rings (SSSR count). The SMILES string of the molecule is CCCCCCCCCCCCCCCCBr.N.N.N. The molecule has 0 aromatic rings. The van der Waals surface area contributed by atoms with Crippen LogP contribution in [0.25, 0.3) is 0 Å². The van der Waals surface area contributed by atoms with Crippen LogP contribution in [0.2, 0.25) is 0 Å². The molecular formula is C16H42BrN3. The Morgan fingerprint density at radius 3 is 0.950 bits per heavy atom. The third-order valence-electron chi connectivity index (χ3n) is 3.49. The second-order valence-electron chi connectivity index (χ2n) is 5.29. The normalized spacial score (nSPS) is 9.30. The van der Waals surface area contributed by atoms with Gasteiger partial charge in [-0.2, -0.15) is 0 Å². The minimum absolute atomic E-state index is 0. The van der Waals surface area contributed by atoms with Gasteiger partial charge in [0, 0.05) is 5.33 Å². The van der Waals surface area contributed by atoms with Crippen LogP contribution < -0.4 is 18.5 Å². The van der Waals surface area contributed by atoms with Gasteiger partial charge in [-0.15, -0.1) is 0 Å². The van der Waals surface area contributed by atoms with Crippen molar-refractivity contribution in [3.63, 3.8) is 0 Å². The molecule has 0 aromatic carbocycles. The zero-order chi connectivity index (χ0) is 12.6. The van der Waals surface area contributed by atoms with E-state index in [0.717, 1.165) is 0 Å². The van der Waals surface area contributed by atoms with Gasteiger partial charge in [-0.1, -0.05) is 106 Å². The molecule has 0 radical (unpaired) electrons. The molecule has 0 unspecified atom stereocenters. The van der Waals surface area contributed by atoms with Crippen molar-refractivity contribution in [3.8, 4) is 0 Å². The van der Waals surface area contributed by atoms with Gasteiger partial charge in [-0.3, -0.25) is 0 Å². The van der Waals surface area contributed by atoms with Crippen LogP contribution in [0, 0.1) is 0 Å². The van der Waals surface area contributed by atoms with Gasteiger partial charge in [-0.25, -0.2) is 0 Å². The van der Waals surface area contributed by atoms with Gasteiger partial charge in [0.25, 0.3) is 0 Å². The van der Waals surface area contributed by atoms with Gasteiger partial charge in [0.15, 0.2) is 0 Å². The average Bonchev–Trinajstić information content (AvgIpc) is 2.35. The monoisotopic (exact) mass is 355 g/mol. The molecule has 0 bridgehead atoms. The highest BCUT2D eigenvalue weighted by molar-refractivity contribution is 9.09. The fraction of sp³-hybridized carbons (Fsp3) is 1.00. The zero-order valence-electron chi connectivity index (χ0n) is 14.1. The van der Waals surface area contributed by atoms with E-state index in [9.17, 15) is 0 Å². The highest BCUT2D eigenvalue weighted by atomic mass is 79.9. The van der Waals surface area contributed by atoms with E-state index in [1.165, 1.54) is 95.2 Å². The van der Waals surface area contributed by atoms with E-state index < -0.39 is 0 Å². The van der Waals surface area contributed by atoms with Crippen LogP contribution in [0.5, 0.6) is 0 Å². The number of halogens is 1. The first-order valence-electron chi connectivity index (χ1n) is 7.97. The quantitative estimate of drug-likeness (QED) is 0.224. The first-order chi connectivity index (χ1) is 8.41. The van der Waals surface area contributed by atoms with Crippen LogP contribution in [0.1, 0.15) is 96.8 Å². The van der Waals surface area contributed by atoms with Crippen LogP contribution in [-0.4, -0.2) is 5.33 Å². The molecule has 0 aliphatic heterocycles. The lowest BCUT2D eigenvalue weighted by Gasteiger charge is -2.02. The van der Waals surface area contributed by atoms with E-state index in [-0.39, 0.29) is 18.5 Å². The molecular weight excluding hydrogens is 314 g/mol. The van der Waals surface area contributed by atoms with Gasteiger partial charge in [-0.05, 0) is 6.42 Å². The van der Waals surface area contributed by atoms with Crippen molar-refractivity contribution in [2.24, 2.45) is 0 Å². The number of hydrogen-bond acceptors (Lipinski definition) is 3. The van der Waals surface area contributed by atoms with Crippen LogP contribution in [0.15, 0.2) is 0 Å². The molecule has 3 nitrogen and oxygen atoms in total. The summed E-state index contributed by atoms with van der Waals surface area (Å²) in [5.41, 5.74) is 0. The molecule has 0 atom stereocenters. The summed E-state index contributed by atoms with van der Waals surface area (Å²) in [5.74, 6) is 0. The maximum absolute atomic E-state index is 3.48. The van der Waals surface area contributed by atoms with E-state index in [1.807, 2.05) is 0 Å². The summed E-state index contributed by atoms with van der Waals surface area (Å²) in [7, 11) is 0. The largest absolute Gasteiger partial charge is 0.344 e. The fourth-order valence-corrected chi connectivity index (χ4v) is 2.69. The molecule has 0 saturated carbocycles. The third kappa shape index (κ3) is 26.8. The molecule has 0 aromatic heterocycles. The molecule has 0 saturated heterocycles. The number of unbranched alkanes of at least 4 members (excludes halogenated alkanes) is 13. The third-order valence-corrected chi connectivity index (χ3v) is 4.05. The van der Waals surface area contributed by atoms with Crippen LogP contribution in [0.3, 0.4) is 0 Å². The Morgan fingerprint density at radius 1 is 0.450 bits per heavy atom. The molecule has 128 valence electrons. The predicted molar refractivity (Wildman–Crippen MR) is 99.2 cm³/mol. The molecule has 0 aliphatic rings. The maximum Gasteiger partial charge on any atom is 0.00313 e. The first kappa shape index (κ1) is 28.5. The van der Waals surface area contributed by atoms with Crippen molar-refractivity contribution in [2.45, 2.75) is 96.8 Å². The summed E-state index contributed by atoms with van der Waals surface area (Å²) in [5, 5.41) is 1.19. The Kier molecular flexibility index (Phi) is 39.4. The number of alkyl halides is 1. The molecule has 0 aliphatic carbocycles. The molecule has 0 heterocycles. The first-order valence-corrected chi connectivity index (χ1v) is 9.10. The molecule has 9 N–H and O–H groups in total. The summed E-state index contributed by atoms with van der Waals surface area (Å²) >= 11 is 3.48. The summed E-state index contributed by atoms with van der Waals surface area (Å²) < 4.78 is 0. The highest BCUT2D eigenvalue weighted by Gasteiger charge is 1.93. The summed E-state index contributed by atoms with van der Waals surface area (Å²) in [4.78, 5) is 0. The Balaban J connectivity index is -0.000000427. The van der Waals surface area contributed by atoms with E-state index >= 15 is 0 Å². The number of rotatable bonds is 14. The lowest BCUT2D eigenvalue weighted by atomic mass is 10.0. The van der Waals surface area contributed by atoms with Crippen molar-refractivity contribution in [1.82, 2.24) is 18.5 Å². The second kappa shape index (κ2) is 27.7. The number of hydrogen-bond donors (Lipinski definition) is 3. The Labute approximate surface area is 136 Å². The zero-order valence-corrected chi connectivity index (χ0v) is 15.7. The minimum Gasteiger partial charge on any atom is -0.344 e. The van der Waals surface area contributed by atoms with Crippen LogP contribution >= 0.6 is 15.9 Å². The highest BCUT2D eigenvalue weighted by Crippen LogP contribution is 2.12. The van der Waals surface area contributed by atoms with Gasteiger partial charge in [0.05, 0.1) is 0 Å². The predicted octanol–water partition coefficient (Wildman–Crippen LogP) is 7.35. The summed E-state index contributed by atoms with van der Waals surface area (Å²) in [6.07, 6.45) is 20.3. The van der Waals surface area contributed by atoms with Gasteiger partial charge in [0.1, 0.15) is 0 Å². The maximum atomic E-state index is 3.48. The molecule has 20 heavy (non-hydrogen) atoms. The molecule has 4 heteroatoms. The standard InChI is InChI=1S/C16H33Br.3H3N/c1-2-3-4-5-6-7-8-9-10-11-12-13-14-15-16-17;;;/h2-16H2,1H3;3*1H3. The minimum atomic E-state index is 0. The van der Waals surface area contributed by atoms with E-state index in [1.54, 1.807) is 0 Å². The van der Waals surface area contributed by atoms with Crippen molar-refractivity contribution in [3.05, 3.63) is 0 Å². The van der Waals surface area contributed by atoms with Crippen molar-refractivity contribution >= 4 is 15.9 Å². The summed E-state index contributed by atoms with van der Waals surface area (Å²) in [6, 6.07) is 0. The van der Waals surface area contributed by atoms with Crippen molar-refractivity contribution in [1.29, 1.82) is 0 Å². The van der Waals surface area contributed by atoms with Crippen LogP contribution in [-0.2, 0) is 0 Å². The lowest BCUT2D eigenvalue weighted by molar-refractivity contribution is 0.538.